The summed E-state index contributed by atoms with van der Waals surface area (Å²) in [6.07, 6.45) is 8.06. The lowest BCUT2D eigenvalue weighted by atomic mass is 9.89. The molecule has 4 aliphatic heterocycles. The predicted octanol–water partition coefficient (Wildman–Crippen LogP) is 5.58. The van der Waals surface area contributed by atoms with Gasteiger partial charge >= 0.3 is 0 Å². The lowest BCUT2D eigenvalue weighted by molar-refractivity contribution is -0.133. The number of halogens is 1. The second-order valence-corrected chi connectivity index (χ2v) is 17.8. The summed E-state index contributed by atoms with van der Waals surface area (Å²) in [6.45, 7) is 6.72. The Kier molecular flexibility index (Phi) is 11.4. The van der Waals surface area contributed by atoms with E-state index in [9.17, 15) is 14.4 Å². The van der Waals surface area contributed by atoms with E-state index in [0.717, 1.165) is 92.2 Å². The highest BCUT2D eigenvalue weighted by Gasteiger charge is 2.30. The summed E-state index contributed by atoms with van der Waals surface area (Å²) in [4.78, 5) is 53.1. The molecule has 6 aromatic rings. The van der Waals surface area contributed by atoms with Crippen molar-refractivity contribution in [3.05, 3.63) is 119 Å². The molecule has 1 unspecified atom stereocenters. The van der Waals surface area contributed by atoms with E-state index in [4.69, 9.17) is 10.7 Å². The minimum Gasteiger partial charge on any atom is -0.384 e. The topological polar surface area (TPSA) is 172 Å². The number of carbonyl (C=O) groups excluding carboxylic acids is 3. The van der Waals surface area contributed by atoms with Gasteiger partial charge < -0.3 is 25.1 Å². The maximum Gasteiger partial charge on any atom is 0.254 e. The molecule has 330 valence electrons. The molecule has 0 bridgehead atoms. The number of likely N-dealkylation sites (tertiary alicyclic amines) is 2. The number of nitrogens with zero attached hydrogens (tertiary/aromatic N) is 9. The first kappa shape index (κ1) is 41.5. The van der Waals surface area contributed by atoms with Gasteiger partial charge in [-0.1, -0.05) is 18.2 Å². The lowest BCUT2D eigenvalue weighted by Crippen LogP contribution is -2.47. The summed E-state index contributed by atoms with van der Waals surface area (Å²) in [6, 6.07) is 20.9. The van der Waals surface area contributed by atoms with Crippen LogP contribution in [0.1, 0.15) is 89.2 Å². The number of aryl methyl sites for hydroxylation is 1. The molecule has 0 radical (unpaired) electrons. The van der Waals surface area contributed by atoms with Gasteiger partial charge in [0, 0.05) is 73.4 Å². The van der Waals surface area contributed by atoms with Crippen LogP contribution in [-0.4, -0.2) is 100 Å². The Labute approximate surface area is 370 Å². The van der Waals surface area contributed by atoms with Gasteiger partial charge in [-0.3, -0.25) is 29.5 Å². The third kappa shape index (κ3) is 8.46. The number of imide groups is 1. The molecule has 0 aliphatic carbocycles. The average molecular weight is 865 g/mol. The number of fused-ring (bicyclic) bond motifs is 2. The second kappa shape index (κ2) is 17.6. The zero-order valence-electron chi connectivity index (χ0n) is 36.0. The summed E-state index contributed by atoms with van der Waals surface area (Å²) in [5.41, 5.74) is 13.3. The SMILES string of the molecule is Cn1c(CN2CCC(c3ccc(C(=O)N4CCn5c(CN6CCC(c7ccc(NC8CCC(=O)NC8=O)cc7F)CC6)nnc5C4)cc3)CC2)cc2c(-c3ccc(N)nc3)ccnc21. The molecule has 4 aliphatic rings. The van der Waals surface area contributed by atoms with Crippen molar-refractivity contribution in [2.75, 3.05) is 43.8 Å². The van der Waals surface area contributed by atoms with E-state index in [1.54, 1.807) is 0 Å². The highest BCUT2D eigenvalue weighted by Crippen LogP contribution is 2.34. The van der Waals surface area contributed by atoms with Crippen LogP contribution in [0.5, 0.6) is 0 Å². The molecule has 3 fully saturated rings. The van der Waals surface area contributed by atoms with Gasteiger partial charge in [0.15, 0.2) is 5.82 Å². The van der Waals surface area contributed by atoms with E-state index >= 15 is 4.39 Å². The zero-order chi connectivity index (χ0) is 43.9. The molecule has 0 spiro atoms. The highest BCUT2D eigenvalue weighted by molar-refractivity contribution is 6.01. The Morgan fingerprint density at radius 3 is 2.34 bits per heavy atom. The van der Waals surface area contributed by atoms with Gasteiger partial charge in [-0.2, -0.15) is 0 Å². The van der Waals surface area contributed by atoms with Crippen molar-refractivity contribution in [1.29, 1.82) is 0 Å². The summed E-state index contributed by atoms with van der Waals surface area (Å²) in [5.74, 6) is 1.78. The van der Waals surface area contributed by atoms with Crippen LogP contribution in [0.15, 0.2) is 79.1 Å². The number of nitrogens with one attached hydrogen (secondary N) is 2. The van der Waals surface area contributed by atoms with Gasteiger partial charge in [-0.05, 0) is 135 Å². The van der Waals surface area contributed by atoms with Gasteiger partial charge in [0.05, 0.1) is 13.1 Å². The van der Waals surface area contributed by atoms with Crippen molar-refractivity contribution in [3.8, 4) is 11.1 Å². The number of aromatic nitrogens is 6. The fourth-order valence-corrected chi connectivity index (χ4v) is 10.1. The number of nitrogens with two attached hydrogens (primary N) is 1. The third-order valence-corrected chi connectivity index (χ3v) is 13.8. The fraction of sp³-hybridized carbons (Fsp3) is 0.396. The van der Waals surface area contributed by atoms with Crippen LogP contribution >= 0.6 is 0 Å². The van der Waals surface area contributed by atoms with Gasteiger partial charge in [0.2, 0.25) is 11.8 Å². The van der Waals surface area contributed by atoms with Gasteiger partial charge in [-0.15, -0.1) is 10.2 Å². The molecule has 0 saturated carbocycles. The first-order valence-corrected chi connectivity index (χ1v) is 22.4. The number of pyridine rings is 2. The molecule has 64 heavy (non-hydrogen) atoms. The molecule has 4 aromatic heterocycles. The molecule has 8 heterocycles. The van der Waals surface area contributed by atoms with Crippen LogP contribution in [0.25, 0.3) is 22.2 Å². The van der Waals surface area contributed by atoms with Crippen LogP contribution in [0.4, 0.5) is 15.9 Å². The standard InChI is InChI=1S/C48H53FN12O3/c1-57-36(25-39-37(12-17-51-46(39)57)34-6-10-42(50)52-26-34)27-58-18-13-31(14-19-58)30-2-4-33(5-3-30)48(64)60-22-23-61-43(55-56-44(61)29-60)28-59-20-15-32(16-21-59)38-8-7-35(24-40(38)49)53-41-9-11-45(62)54-47(41)63/h2-8,10,12,17,24-26,31-32,41,53H,9,11,13-16,18-23,27-29H2,1H3,(H2,50,52)(H,54,62,63). The first-order valence-electron chi connectivity index (χ1n) is 22.4. The van der Waals surface area contributed by atoms with Crippen LogP contribution in [0, 0.1) is 5.82 Å². The molecule has 10 rings (SSSR count). The number of amides is 3. The number of hydrogen-bond acceptors (Lipinski definition) is 11. The number of carbonyl (C=O) groups is 3. The summed E-state index contributed by atoms with van der Waals surface area (Å²) >= 11 is 0. The van der Waals surface area contributed by atoms with E-state index in [-0.39, 0.29) is 35.9 Å². The molecule has 3 amide bonds. The fourth-order valence-electron chi connectivity index (χ4n) is 10.1. The minimum absolute atomic E-state index is 0.00604. The molecule has 3 saturated heterocycles. The Morgan fingerprint density at radius 2 is 1.61 bits per heavy atom. The van der Waals surface area contributed by atoms with Crippen molar-refractivity contribution < 1.29 is 18.8 Å². The third-order valence-electron chi connectivity index (χ3n) is 13.8. The van der Waals surface area contributed by atoms with Crippen LogP contribution in [-0.2, 0) is 42.8 Å². The molecular weight excluding hydrogens is 812 g/mol. The number of benzene rings is 2. The van der Waals surface area contributed by atoms with E-state index in [1.807, 2.05) is 59.8 Å². The average Bonchev–Trinajstić information content (AvgIpc) is 3.86. The van der Waals surface area contributed by atoms with Crippen molar-refractivity contribution in [3.63, 3.8) is 0 Å². The van der Waals surface area contributed by atoms with Crippen LogP contribution < -0.4 is 16.4 Å². The zero-order valence-corrected chi connectivity index (χ0v) is 36.0. The molecule has 1 atom stereocenters. The molecule has 2 aromatic carbocycles. The van der Waals surface area contributed by atoms with E-state index < -0.39 is 6.04 Å². The normalized spacial score (nSPS) is 19.2. The Morgan fingerprint density at radius 1 is 0.844 bits per heavy atom. The molecule has 16 heteroatoms. The number of piperidine rings is 3. The number of nitrogen functional groups attached to an aromatic ring is 1. The Bertz CT molecular complexity index is 2700. The van der Waals surface area contributed by atoms with Crippen molar-refractivity contribution in [1.82, 2.24) is 49.3 Å². The molecular formula is C48H53FN12O3. The Hall–Kier alpha value is -6.52. The summed E-state index contributed by atoms with van der Waals surface area (Å²) in [7, 11) is 2.09. The number of anilines is 2. The van der Waals surface area contributed by atoms with Gasteiger partial charge in [0.1, 0.15) is 29.1 Å². The Balaban J connectivity index is 0.691. The molecule has 4 N–H and O–H groups in total. The monoisotopic (exact) mass is 864 g/mol. The van der Waals surface area contributed by atoms with E-state index in [0.29, 0.717) is 61.1 Å². The smallest absolute Gasteiger partial charge is 0.254 e. The minimum atomic E-state index is -0.556. The lowest BCUT2D eigenvalue weighted by Gasteiger charge is -2.33. The number of hydrogen-bond donors (Lipinski definition) is 3. The maximum absolute atomic E-state index is 15.3. The first-order chi connectivity index (χ1) is 31.1. The quantitative estimate of drug-likeness (QED) is 0.147. The van der Waals surface area contributed by atoms with Gasteiger partial charge in [0.25, 0.3) is 5.91 Å². The highest BCUT2D eigenvalue weighted by atomic mass is 19.1. The van der Waals surface area contributed by atoms with E-state index in [1.165, 1.54) is 17.3 Å². The van der Waals surface area contributed by atoms with Crippen LogP contribution in [0.3, 0.4) is 0 Å². The number of rotatable bonds is 10. The maximum atomic E-state index is 15.3. The van der Waals surface area contributed by atoms with Crippen LogP contribution in [0.2, 0.25) is 0 Å². The largest absolute Gasteiger partial charge is 0.384 e. The van der Waals surface area contributed by atoms with Crippen molar-refractivity contribution in [2.45, 2.75) is 82.6 Å². The predicted molar refractivity (Wildman–Crippen MR) is 240 cm³/mol. The summed E-state index contributed by atoms with van der Waals surface area (Å²) < 4.78 is 19.7. The summed E-state index contributed by atoms with van der Waals surface area (Å²) in [5, 5.41) is 15.6. The van der Waals surface area contributed by atoms with Crippen molar-refractivity contribution in [2.24, 2.45) is 7.05 Å². The van der Waals surface area contributed by atoms with Gasteiger partial charge in [-0.25, -0.2) is 14.4 Å². The van der Waals surface area contributed by atoms with Crippen molar-refractivity contribution >= 4 is 40.3 Å². The second-order valence-electron chi connectivity index (χ2n) is 17.8. The molecule has 15 nitrogen and oxygen atoms in total. The van der Waals surface area contributed by atoms with E-state index in [2.05, 4.69) is 70.0 Å².